The van der Waals surface area contributed by atoms with Gasteiger partial charge in [-0.2, -0.15) is 0 Å². The molecule has 1 N–H and O–H groups in total. The molecule has 2 rings (SSSR count). The summed E-state index contributed by atoms with van der Waals surface area (Å²) in [7, 11) is 0. The zero-order valence-corrected chi connectivity index (χ0v) is 12.5. The van der Waals surface area contributed by atoms with Gasteiger partial charge in [-0.25, -0.2) is 0 Å². The largest absolute Gasteiger partial charge is 0.573 e. The summed E-state index contributed by atoms with van der Waals surface area (Å²) in [6, 6.07) is 3.85. The Morgan fingerprint density at radius 2 is 2.00 bits per heavy atom. The topological polar surface area (TPSA) is 47.6 Å². The Kier molecular flexibility index (Phi) is 5.10. The normalized spacial score (nSPS) is 16.6. The van der Waals surface area contributed by atoms with Gasteiger partial charge >= 0.3 is 6.36 Å². The molecule has 0 spiro atoms. The van der Waals surface area contributed by atoms with Gasteiger partial charge in [0.05, 0.1) is 5.56 Å². The van der Waals surface area contributed by atoms with Crippen LogP contribution in [0.25, 0.3) is 0 Å². The van der Waals surface area contributed by atoms with Gasteiger partial charge in [0.2, 0.25) is 0 Å². The second kappa shape index (κ2) is 6.65. The van der Waals surface area contributed by atoms with E-state index in [0.717, 1.165) is 6.07 Å². The highest BCUT2D eigenvalue weighted by Crippen LogP contribution is 2.31. The zero-order chi connectivity index (χ0) is 15.5. The maximum Gasteiger partial charge on any atom is 0.573 e. The van der Waals surface area contributed by atoms with Crippen molar-refractivity contribution < 1.29 is 27.4 Å². The maximum atomic E-state index is 12.4. The third kappa shape index (κ3) is 4.60. The van der Waals surface area contributed by atoms with E-state index in [0.29, 0.717) is 26.1 Å². The van der Waals surface area contributed by atoms with Crippen molar-refractivity contribution in [1.82, 2.24) is 5.32 Å². The molecule has 1 aromatic carbocycles. The summed E-state index contributed by atoms with van der Waals surface area (Å²) in [5, 5.41) is 2.71. The highest BCUT2D eigenvalue weighted by molar-refractivity contribution is 9.10. The summed E-state index contributed by atoms with van der Waals surface area (Å²) < 4.78 is 46.5. The van der Waals surface area contributed by atoms with Gasteiger partial charge in [0.15, 0.2) is 0 Å². The lowest BCUT2D eigenvalue weighted by Crippen LogP contribution is -2.39. The summed E-state index contributed by atoms with van der Waals surface area (Å²) in [6.45, 7) is 1.04. The molecular formula is C13H13BrF3NO3. The molecule has 1 aliphatic heterocycles. The van der Waals surface area contributed by atoms with E-state index in [1.807, 2.05) is 0 Å². The number of ether oxygens (including phenoxy) is 2. The lowest BCUT2D eigenvalue weighted by Gasteiger charge is -2.24. The number of nitrogens with one attached hydrogen (secondary N) is 1. The third-order valence-corrected chi connectivity index (χ3v) is 3.65. The average molecular weight is 368 g/mol. The Balaban J connectivity index is 2.18. The number of amides is 1. The number of halogens is 4. The standard InChI is InChI=1S/C13H13BrF3NO3/c14-9-2-1-3-10(21-13(15,16)17)11(9)12(19)18-8-4-6-20-7-5-8/h1-3,8H,4-7H2,(H,18,19). The van der Waals surface area contributed by atoms with Crippen molar-refractivity contribution in [2.75, 3.05) is 13.2 Å². The van der Waals surface area contributed by atoms with Crippen LogP contribution >= 0.6 is 15.9 Å². The minimum Gasteiger partial charge on any atom is -0.405 e. The number of benzene rings is 1. The Labute approximate surface area is 127 Å². The molecule has 1 fully saturated rings. The Bertz CT molecular complexity index is 516. The fraction of sp³-hybridized carbons (Fsp3) is 0.462. The summed E-state index contributed by atoms with van der Waals surface area (Å²) in [4.78, 5) is 12.2. The van der Waals surface area contributed by atoms with Crippen molar-refractivity contribution in [1.29, 1.82) is 0 Å². The van der Waals surface area contributed by atoms with Gasteiger partial charge in [-0.05, 0) is 40.9 Å². The van der Waals surface area contributed by atoms with Gasteiger partial charge in [-0.3, -0.25) is 4.79 Å². The number of rotatable bonds is 3. The molecule has 4 nitrogen and oxygen atoms in total. The number of hydrogen-bond acceptors (Lipinski definition) is 3. The number of carbonyl (C=O) groups excluding carboxylic acids is 1. The van der Waals surface area contributed by atoms with Crippen molar-refractivity contribution in [2.45, 2.75) is 25.2 Å². The zero-order valence-electron chi connectivity index (χ0n) is 10.9. The van der Waals surface area contributed by atoms with Crippen LogP contribution in [0.4, 0.5) is 13.2 Å². The van der Waals surface area contributed by atoms with Gasteiger partial charge in [0, 0.05) is 23.7 Å². The first-order valence-electron chi connectivity index (χ1n) is 6.29. The SMILES string of the molecule is O=C(NC1CCOCC1)c1c(Br)cccc1OC(F)(F)F. The van der Waals surface area contributed by atoms with Crippen LogP contribution in [0.2, 0.25) is 0 Å². The van der Waals surface area contributed by atoms with Gasteiger partial charge in [0.1, 0.15) is 5.75 Å². The molecule has 1 aliphatic rings. The predicted octanol–water partition coefficient (Wildman–Crippen LogP) is 3.26. The molecule has 0 aromatic heterocycles. The van der Waals surface area contributed by atoms with E-state index in [1.165, 1.54) is 12.1 Å². The Morgan fingerprint density at radius 1 is 1.33 bits per heavy atom. The van der Waals surface area contributed by atoms with Gasteiger partial charge in [0.25, 0.3) is 5.91 Å². The molecule has 1 aromatic rings. The number of hydrogen-bond donors (Lipinski definition) is 1. The van der Waals surface area contributed by atoms with Crippen LogP contribution < -0.4 is 10.1 Å². The molecule has 116 valence electrons. The van der Waals surface area contributed by atoms with Gasteiger partial charge < -0.3 is 14.8 Å². The van der Waals surface area contributed by atoms with Crippen molar-refractivity contribution >= 4 is 21.8 Å². The molecule has 0 unspecified atom stereocenters. The molecule has 1 amide bonds. The van der Waals surface area contributed by atoms with Crippen molar-refractivity contribution in [3.8, 4) is 5.75 Å². The first-order chi connectivity index (χ1) is 9.87. The van der Waals surface area contributed by atoms with E-state index in [9.17, 15) is 18.0 Å². The van der Waals surface area contributed by atoms with Crippen molar-refractivity contribution in [3.63, 3.8) is 0 Å². The minimum atomic E-state index is -4.85. The van der Waals surface area contributed by atoms with Crippen LogP contribution in [0, 0.1) is 0 Å². The van der Waals surface area contributed by atoms with E-state index in [2.05, 4.69) is 26.0 Å². The molecule has 1 saturated heterocycles. The average Bonchev–Trinajstić information content (AvgIpc) is 2.37. The first-order valence-corrected chi connectivity index (χ1v) is 7.09. The Hall–Kier alpha value is -1.28. The van der Waals surface area contributed by atoms with Crippen LogP contribution in [0.3, 0.4) is 0 Å². The number of alkyl halides is 3. The van der Waals surface area contributed by atoms with Crippen LogP contribution in [0.1, 0.15) is 23.2 Å². The molecule has 0 radical (unpaired) electrons. The molecule has 0 atom stereocenters. The molecule has 0 saturated carbocycles. The second-order valence-electron chi connectivity index (χ2n) is 4.52. The minimum absolute atomic E-state index is 0.114. The molecule has 8 heteroatoms. The van der Waals surface area contributed by atoms with Crippen molar-refractivity contribution in [2.24, 2.45) is 0 Å². The molecule has 0 bridgehead atoms. The quantitative estimate of drug-likeness (QED) is 0.891. The van der Waals surface area contributed by atoms with Crippen LogP contribution in [-0.2, 0) is 4.74 Å². The van der Waals surface area contributed by atoms with Crippen LogP contribution in [-0.4, -0.2) is 31.5 Å². The fourth-order valence-corrected chi connectivity index (χ4v) is 2.56. The van der Waals surface area contributed by atoms with Gasteiger partial charge in [-0.15, -0.1) is 13.2 Å². The monoisotopic (exact) mass is 367 g/mol. The van der Waals surface area contributed by atoms with Crippen LogP contribution in [0.15, 0.2) is 22.7 Å². The molecular weight excluding hydrogens is 355 g/mol. The van der Waals surface area contributed by atoms with Gasteiger partial charge in [-0.1, -0.05) is 6.07 Å². The Morgan fingerprint density at radius 3 is 2.62 bits per heavy atom. The summed E-state index contributed by atoms with van der Waals surface area (Å²) in [5.41, 5.74) is -0.165. The fourth-order valence-electron chi connectivity index (χ4n) is 2.03. The maximum absolute atomic E-state index is 12.4. The molecule has 0 aliphatic carbocycles. The predicted molar refractivity (Wildman–Crippen MR) is 72.1 cm³/mol. The van der Waals surface area contributed by atoms with E-state index in [1.54, 1.807) is 0 Å². The molecule has 1 heterocycles. The lowest BCUT2D eigenvalue weighted by molar-refractivity contribution is -0.274. The van der Waals surface area contributed by atoms with E-state index in [-0.39, 0.29) is 16.1 Å². The summed E-state index contributed by atoms with van der Waals surface area (Å²) in [5.74, 6) is -1.13. The van der Waals surface area contributed by atoms with E-state index in [4.69, 9.17) is 4.74 Å². The number of carbonyl (C=O) groups is 1. The highest BCUT2D eigenvalue weighted by Gasteiger charge is 2.33. The van der Waals surface area contributed by atoms with E-state index >= 15 is 0 Å². The highest BCUT2D eigenvalue weighted by atomic mass is 79.9. The first kappa shape index (κ1) is 16.1. The third-order valence-electron chi connectivity index (χ3n) is 2.98. The summed E-state index contributed by atoms with van der Waals surface area (Å²) >= 11 is 3.09. The smallest absolute Gasteiger partial charge is 0.405 e. The van der Waals surface area contributed by atoms with Crippen LogP contribution in [0.5, 0.6) is 5.75 Å². The molecule has 21 heavy (non-hydrogen) atoms. The van der Waals surface area contributed by atoms with Crippen molar-refractivity contribution in [3.05, 3.63) is 28.2 Å². The van der Waals surface area contributed by atoms with E-state index < -0.39 is 18.0 Å². The lowest BCUT2D eigenvalue weighted by atomic mass is 10.1. The second-order valence-corrected chi connectivity index (χ2v) is 5.38. The summed E-state index contributed by atoms with van der Waals surface area (Å²) in [6.07, 6.45) is -3.59.